The van der Waals surface area contributed by atoms with Crippen LogP contribution in [0.5, 0.6) is 0 Å². The third kappa shape index (κ3) is 4.85. The summed E-state index contributed by atoms with van der Waals surface area (Å²) in [6, 6.07) is 6.18. The molecule has 1 saturated heterocycles. The van der Waals surface area contributed by atoms with Crippen molar-refractivity contribution in [2.24, 2.45) is 0 Å². The first-order valence-corrected chi connectivity index (χ1v) is 8.00. The first-order valence-electron chi connectivity index (χ1n) is 7.63. The van der Waals surface area contributed by atoms with Gasteiger partial charge in [0.15, 0.2) is 0 Å². The van der Waals surface area contributed by atoms with E-state index in [-0.39, 0.29) is 0 Å². The molecule has 1 aliphatic rings. The molecule has 2 rings (SSSR count). The van der Waals surface area contributed by atoms with Gasteiger partial charge in [-0.3, -0.25) is 0 Å². The number of halogens is 1. The normalized spacial score (nSPS) is 17.0. The van der Waals surface area contributed by atoms with Gasteiger partial charge < -0.3 is 19.9 Å². The van der Waals surface area contributed by atoms with Crippen molar-refractivity contribution < 1.29 is 4.74 Å². The molecule has 0 amide bonds. The van der Waals surface area contributed by atoms with Crippen molar-refractivity contribution in [3.63, 3.8) is 0 Å². The van der Waals surface area contributed by atoms with Gasteiger partial charge in [-0.25, -0.2) is 0 Å². The van der Waals surface area contributed by atoms with Gasteiger partial charge in [-0.2, -0.15) is 0 Å². The number of nitrogens with one attached hydrogen (secondary N) is 1. The molecular formula is C16H26ClN3O. The molecule has 0 spiro atoms. The predicted molar refractivity (Wildman–Crippen MR) is 89.4 cm³/mol. The first kappa shape index (κ1) is 16.6. The van der Waals surface area contributed by atoms with Crippen LogP contribution in [0.15, 0.2) is 18.2 Å². The van der Waals surface area contributed by atoms with E-state index in [1.165, 1.54) is 17.7 Å². The lowest BCUT2D eigenvalue weighted by atomic mass is 10.1. The van der Waals surface area contributed by atoms with E-state index in [1.807, 2.05) is 12.1 Å². The van der Waals surface area contributed by atoms with E-state index in [1.54, 1.807) is 7.11 Å². The first-order chi connectivity index (χ1) is 10.2. The number of nitrogens with zero attached hydrogens (tertiary/aromatic N) is 2. The Labute approximate surface area is 133 Å². The van der Waals surface area contributed by atoms with Crippen LogP contribution in [0.1, 0.15) is 12.0 Å². The summed E-state index contributed by atoms with van der Waals surface area (Å²) in [5, 5.41) is 4.27. The minimum absolute atomic E-state index is 0.727. The highest BCUT2D eigenvalue weighted by Gasteiger charge is 2.17. The second-order valence-electron chi connectivity index (χ2n) is 5.56. The molecule has 0 radical (unpaired) electrons. The van der Waals surface area contributed by atoms with Gasteiger partial charge in [-0.05, 0) is 31.6 Å². The average Bonchev–Trinajstić information content (AvgIpc) is 2.68. The maximum absolute atomic E-state index is 6.48. The zero-order valence-corrected chi connectivity index (χ0v) is 13.8. The molecule has 0 atom stereocenters. The molecule has 1 heterocycles. The Kier molecular flexibility index (Phi) is 6.77. The van der Waals surface area contributed by atoms with Crippen molar-refractivity contribution in [3.05, 3.63) is 28.8 Å². The Morgan fingerprint density at radius 1 is 1.24 bits per heavy atom. The number of benzene rings is 1. The van der Waals surface area contributed by atoms with Crippen LogP contribution in [0.2, 0.25) is 5.02 Å². The maximum atomic E-state index is 6.48. The van der Waals surface area contributed by atoms with E-state index < -0.39 is 0 Å². The molecule has 0 aliphatic carbocycles. The van der Waals surface area contributed by atoms with E-state index >= 15 is 0 Å². The number of anilines is 1. The van der Waals surface area contributed by atoms with Gasteiger partial charge in [0.25, 0.3) is 0 Å². The molecule has 0 bridgehead atoms. The van der Waals surface area contributed by atoms with Crippen LogP contribution in [0.4, 0.5) is 5.69 Å². The molecule has 5 heteroatoms. The second-order valence-corrected chi connectivity index (χ2v) is 5.97. The largest absolute Gasteiger partial charge is 0.383 e. The molecule has 1 aromatic rings. The van der Waals surface area contributed by atoms with Crippen molar-refractivity contribution in [1.29, 1.82) is 0 Å². The molecule has 21 heavy (non-hydrogen) atoms. The fraction of sp³-hybridized carbons (Fsp3) is 0.625. The quantitative estimate of drug-likeness (QED) is 0.815. The molecule has 4 nitrogen and oxygen atoms in total. The number of rotatable bonds is 6. The number of hydrogen-bond acceptors (Lipinski definition) is 4. The summed E-state index contributed by atoms with van der Waals surface area (Å²) in [5.41, 5.74) is 2.46. The van der Waals surface area contributed by atoms with E-state index in [0.29, 0.717) is 0 Å². The van der Waals surface area contributed by atoms with Gasteiger partial charge in [0.1, 0.15) is 0 Å². The molecular weight excluding hydrogens is 286 g/mol. The summed E-state index contributed by atoms with van der Waals surface area (Å²) in [6.07, 6.45) is 1.18. The summed E-state index contributed by atoms with van der Waals surface area (Å²) in [4.78, 5) is 4.81. The van der Waals surface area contributed by atoms with Gasteiger partial charge in [0, 0.05) is 39.8 Å². The van der Waals surface area contributed by atoms with Crippen LogP contribution < -0.4 is 10.2 Å². The molecule has 0 aromatic heterocycles. The Hall–Kier alpha value is -0.810. The molecule has 0 saturated carbocycles. The van der Waals surface area contributed by atoms with Crippen molar-refractivity contribution >= 4 is 17.3 Å². The van der Waals surface area contributed by atoms with E-state index in [0.717, 1.165) is 50.9 Å². The number of hydrogen-bond donors (Lipinski definition) is 1. The lowest BCUT2D eigenvalue weighted by molar-refractivity contribution is 0.199. The molecule has 1 aromatic carbocycles. The molecule has 1 aliphatic heterocycles. The number of methoxy groups -OCH3 is 1. The van der Waals surface area contributed by atoms with E-state index in [4.69, 9.17) is 16.3 Å². The molecule has 118 valence electrons. The molecule has 1 N–H and O–H groups in total. The van der Waals surface area contributed by atoms with Gasteiger partial charge in [0.05, 0.1) is 17.3 Å². The van der Waals surface area contributed by atoms with Crippen LogP contribution in [-0.2, 0) is 11.3 Å². The van der Waals surface area contributed by atoms with Gasteiger partial charge in [-0.1, -0.05) is 23.7 Å². The Morgan fingerprint density at radius 2 is 2.10 bits per heavy atom. The summed E-state index contributed by atoms with van der Waals surface area (Å²) in [5.74, 6) is 0. The lowest BCUT2D eigenvalue weighted by Crippen LogP contribution is -2.30. The third-order valence-electron chi connectivity index (χ3n) is 3.90. The van der Waals surface area contributed by atoms with E-state index in [2.05, 4.69) is 28.2 Å². The highest BCUT2D eigenvalue weighted by atomic mass is 35.5. The number of likely N-dealkylation sites (N-methyl/N-ethyl adjacent to an activating group) is 1. The molecule has 0 unspecified atom stereocenters. The second kappa shape index (κ2) is 8.59. The van der Waals surface area contributed by atoms with Crippen LogP contribution >= 0.6 is 11.6 Å². The highest BCUT2D eigenvalue weighted by molar-refractivity contribution is 6.33. The topological polar surface area (TPSA) is 27.7 Å². The maximum Gasteiger partial charge on any atom is 0.0642 e. The average molecular weight is 312 g/mol. The lowest BCUT2D eigenvalue weighted by Gasteiger charge is -2.27. The predicted octanol–water partition coefficient (Wildman–Crippen LogP) is 2.22. The van der Waals surface area contributed by atoms with Crippen molar-refractivity contribution in [2.75, 3.05) is 58.4 Å². The fourth-order valence-electron chi connectivity index (χ4n) is 2.72. The summed E-state index contributed by atoms with van der Waals surface area (Å²) in [7, 11) is 3.91. The van der Waals surface area contributed by atoms with Gasteiger partial charge in [-0.15, -0.1) is 0 Å². The zero-order valence-electron chi connectivity index (χ0n) is 13.1. The standard InChI is InChI=1S/C16H26ClN3O/c1-19-8-4-9-20(11-10-19)16-14(5-3-6-15(16)17)13-18-7-12-21-2/h3,5-6,18H,4,7-13H2,1-2H3. The summed E-state index contributed by atoms with van der Waals surface area (Å²) < 4.78 is 5.07. The van der Waals surface area contributed by atoms with Crippen molar-refractivity contribution in [3.8, 4) is 0 Å². The zero-order chi connectivity index (χ0) is 15.1. The van der Waals surface area contributed by atoms with Crippen molar-refractivity contribution in [2.45, 2.75) is 13.0 Å². The van der Waals surface area contributed by atoms with Crippen LogP contribution in [0, 0.1) is 0 Å². The Morgan fingerprint density at radius 3 is 2.90 bits per heavy atom. The van der Waals surface area contributed by atoms with Crippen LogP contribution in [-0.4, -0.2) is 58.4 Å². The molecule has 1 fully saturated rings. The fourth-order valence-corrected chi connectivity index (χ4v) is 3.04. The third-order valence-corrected chi connectivity index (χ3v) is 4.21. The summed E-state index contributed by atoms with van der Waals surface area (Å²) in [6.45, 7) is 6.75. The number of ether oxygens (including phenoxy) is 1. The Balaban J connectivity index is 2.09. The number of para-hydroxylation sites is 1. The van der Waals surface area contributed by atoms with Gasteiger partial charge in [0.2, 0.25) is 0 Å². The van der Waals surface area contributed by atoms with Crippen LogP contribution in [0.3, 0.4) is 0 Å². The Bertz CT molecular complexity index is 442. The monoisotopic (exact) mass is 311 g/mol. The van der Waals surface area contributed by atoms with Crippen molar-refractivity contribution in [1.82, 2.24) is 10.2 Å². The SMILES string of the molecule is COCCNCc1cccc(Cl)c1N1CCCN(C)CC1. The van der Waals surface area contributed by atoms with Gasteiger partial charge >= 0.3 is 0 Å². The smallest absolute Gasteiger partial charge is 0.0642 e. The minimum atomic E-state index is 0.727. The summed E-state index contributed by atoms with van der Waals surface area (Å²) >= 11 is 6.48. The van der Waals surface area contributed by atoms with E-state index in [9.17, 15) is 0 Å². The highest BCUT2D eigenvalue weighted by Crippen LogP contribution is 2.30. The minimum Gasteiger partial charge on any atom is -0.383 e. The van der Waals surface area contributed by atoms with Crippen LogP contribution in [0.25, 0.3) is 0 Å².